The average Bonchev–Trinajstić information content (AvgIpc) is 2.65. The molecular formula is C22H32O4. The number of esters is 2. The minimum Gasteiger partial charge on any atom is -0.462 e. The quantitative estimate of drug-likeness (QED) is 0.272. The van der Waals surface area contributed by atoms with Crippen molar-refractivity contribution in [2.75, 3.05) is 6.61 Å². The van der Waals surface area contributed by atoms with Gasteiger partial charge in [0.15, 0.2) is 0 Å². The van der Waals surface area contributed by atoms with Crippen LogP contribution < -0.4 is 0 Å². The van der Waals surface area contributed by atoms with Crippen molar-refractivity contribution in [3.8, 4) is 0 Å². The number of benzene rings is 1. The molecule has 0 heterocycles. The third kappa shape index (κ3) is 8.84. The summed E-state index contributed by atoms with van der Waals surface area (Å²) in [6, 6.07) is 6.50. The van der Waals surface area contributed by atoms with Crippen LogP contribution in [-0.2, 0) is 9.47 Å². The smallest absolute Gasteiger partial charge is 0.338 e. The van der Waals surface area contributed by atoms with Crippen LogP contribution in [0.3, 0.4) is 0 Å². The molecule has 0 saturated carbocycles. The van der Waals surface area contributed by atoms with E-state index in [-0.39, 0.29) is 6.10 Å². The fourth-order valence-electron chi connectivity index (χ4n) is 2.44. The molecule has 0 amide bonds. The molecule has 0 aliphatic rings. The number of hydrogen-bond acceptors (Lipinski definition) is 4. The number of unbranched alkanes of at least 4 members (excludes halogenated alkanes) is 5. The Balaban J connectivity index is 2.52. The average molecular weight is 360 g/mol. The lowest BCUT2D eigenvalue weighted by Crippen LogP contribution is -2.14. The molecule has 0 spiro atoms. The second-order valence-corrected chi connectivity index (χ2v) is 6.46. The first-order chi connectivity index (χ1) is 12.6. The summed E-state index contributed by atoms with van der Waals surface area (Å²) < 4.78 is 10.7. The largest absolute Gasteiger partial charge is 0.462 e. The lowest BCUT2D eigenvalue weighted by Gasteiger charge is -2.10. The predicted molar refractivity (Wildman–Crippen MR) is 104 cm³/mol. The Morgan fingerprint density at radius 1 is 1.00 bits per heavy atom. The molecule has 0 radical (unpaired) electrons. The zero-order chi connectivity index (χ0) is 19.2. The standard InChI is InChI=1S/C22H32O4/c1-4-6-8-10-13-18(3)26-22(24)20-15-12-14-19(17-20)21(23)25-16-11-9-7-5-2/h10,12-15,17-18H,4-9,11,16H2,1-3H3/b13-10+. The molecule has 4 heteroatoms. The SMILES string of the molecule is CCCC/C=C/C(C)OC(=O)c1cccc(C(=O)OCCCCCC)c1. The van der Waals surface area contributed by atoms with Gasteiger partial charge in [-0.1, -0.05) is 58.1 Å². The monoisotopic (exact) mass is 360 g/mol. The highest BCUT2D eigenvalue weighted by Crippen LogP contribution is 2.11. The van der Waals surface area contributed by atoms with Crippen LogP contribution in [0.25, 0.3) is 0 Å². The number of carbonyl (C=O) groups excluding carboxylic acids is 2. The van der Waals surface area contributed by atoms with Crippen molar-refractivity contribution >= 4 is 11.9 Å². The number of ether oxygens (including phenoxy) is 2. The summed E-state index contributed by atoms with van der Waals surface area (Å²) in [5, 5.41) is 0. The van der Waals surface area contributed by atoms with Gasteiger partial charge < -0.3 is 9.47 Å². The molecule has 1 rings (SSSR count). The van der Waals surface area contributed by atoms with E-state index in [0.29, 0.717) is 17.7 Å². The van der Waals surface area contributed by atoms with Crippen LogP contribution in [-0.4, -0.2) is 24.6 Å². The van der Waals surface area contributed by atoms with Gasteiger partial charge in [-0.05, 0) is 44.0 Å². The molecule has 0 aliphatic heterocycles. The van der Waals surface area contributed by atoms with Crippen LogP contribution in [0, 0.1) is 0 Å². The second kappa shape index (κ2) is 13.2. The minimum absolute atomic E-state index is 0.298. The van der Waals surface area contributed by atoms with Crippen LogP contribution >= 0.6 is 0 Å². The molecule has 0 saturated heterocycles. The van der Waals surface area contributed by atoms with Crippen LogP contribution in [0.2, 0.25) is 0 Å². The Bertz CT molecular complexity index is 577. The van der Waals surface area contributed by atoms with E-state index < -0.39 is 11.9 Å². The molecule has 1 unspecified atom stereocenters. The van der Waals surface area contributed by atoms with Gasteiger partial charge in [-0.15, -0.1) is 0 Å². The van der Waals surface area contributed by atoms with Crippen molar-refractivity contribution in [2.45, 2.75) is 71.8 Å². The van der Waals surface area contributed by atoms with Gasteiger partial charge >= 0.3 is 11.9 Å². The normalized spacial score (nSPS) is 12.1. The van der Waals surface area contributed by atoms with E-state index >= 15 is 0 Å². The molecule has 1 aromatic rings. The zero-order valence-corrected chi connectivity index (χ0v) is 16.3. The molecule has 1 atom stereocenters. The Morgan fingerprint density at radius 3 is 2.38 bits per heavy atom. The molecular weight excluding hydrogens is 328 g/mol. The van der Waals surface area contributed by atoms with E-state index in [2.05, 4.69) is 13.8 Å². The Labute approximate surface area is 157 Å². The molecule has 0 bridgehead atoms. The third-order valence-corrected chi connectivity index (χ3v) is 3.99. The second-order valence-electron chi connectivity index (χ2n) is 6.46. The molecule has 0 aromatic heterocycles. The highest BCUT2D eigenvalue weighted by atomic mass is 16.5. The lowest BCUT2D eigenvalue weighted by atomic mass is 10.1. The predicted octanol–water partition coefficient (Wildman–Crippen LogP) is 5.72. The van der Waals surface area contributed by atoms with Crippen LogP contribution in [0.4, 0.5) is 0 Å². The fraction of sp³-hybridized carbons (Fsp3) is 0.545. The first kappa shape index (κ1) is 21.9. The molecule has 4 nitrogen and oxygen atoms in total. The van der Waals surface area contributed by atoms with Crippen LogP contribution in [0.5, 0.6) is 0 Å². The van der Waals surface area contributed by atoms with E-state index in [4.69, 9.17) is 9.47 Å². The maximum absolute atomic E-state index is 12.2. The maximum Gasteiger partial charge on any atom is 0.338 e. The van der Waals surface area contributed by atoms with Crippen molar-refractivity contribution < 1.29 is 19.1 Å². The van der Waals surface area contributed by atoms with E-state index in [1.807, 2.05) is 19.1 Å². The van der Waals surface area contributed by atoms with Crippen LogP contribution in [0.15, 0.2) is 36.4 Å². The highest BCUT2D eigenvalue weighted by Gasteiger charge is 2.14. The summed E-state index contributed by atoms with van der Waals surface area (Å²) in [4.78, 5) is 24.3. The van der Waals surface area contributed by atoms with E-state index in [1.165, 1.54) is 6.07 Å². The van der Waals surface area contributed by atoms with Gasteiger partial charge in [0.25, 0.3) is 0 Å². The van der Waals surface area contributed by atoms with Crippen molar-refractivity contribution in [3.05, 3.63) is 47.5 Å². The Kier molecular flexibility index (Phi) is 11.1. The number of rotatable bonds is 12. The summed E-state index contributed by atoms with van der Waals surface area (Å²) in [6.45, 7) is 6.51. The summed E-state index contributed by atoms with van der Waals surface area (Å²) in [6.07, 6.45) is 11.1. The number of carbonyl (C=O) groups is 2. The van der Waals surface area contributed by atoms with E-state index in [1.54, 1.807) is 18.2 Å². The lowest BCUT2D eigenvalue weighted by molar-refractivity contribution is 0.0424. The van der Waals surface area contributed by atoms with Gasteiger partial charge in [-0.25, -0.2) is 9.59 Å². The van der Waals surface area contributed by atoms with Gasteiger partial charge in [0.2, 0.25) is 0 Å². The molecule has 0 aliphatic carbocycles. The van der Waals surface area contributed by atoms with Gasteiger partial charge in [-0.2, -0.15) is 0 Å². The van der Waals surface area contributed by atoms with Crippen molar-refractivity contribution in [1.82, 2.24) is 0 Å². The van der Waals surface area contributed by atoms with Crippen LogP contribution in [0.1, 0.15) is 86.4 Å². The Morgan fingerprint density at radius 2 is 1.69 bits per heavy atom. The fourth-order valence-corrected chi connectivity index (χ4v) is 2.44. The molecule has 0 N–H and O–H groups in total. The van der Waals surface area contributed by atoms with E-state index in [0.717, 1.165) is 44.9 Å². The Hall–Kier alpha value is -2.10. The molecule has 26 heavy (non-hydrogen) atoms. The topological polar surface area (TPSA) is 52.6 Å². The van der Waals surface area contributed by atoms with Gasteiger partial charge in [0.05, 0.1) is 17.7 Å². The zero-order valence-electron chi connectivity index (χ0n) is 16.3. The van der Waals surface area contributed by atoms with Gasteiger partial charge in [-0.3, -0.25) is 0 Å². The number of hydrogen-bond donors (Lipinski definition) is 0. The number of allylic oxidation sites excluding steroid dienone is 1. The molecule has 0 fully saturated rings. The van der Waals surface area contributed by atoms with Crippen molar-refractivity contribution in [1.29, 1.82) is 0 Å². The molecule has 144 valence electrons. The van der Waals surface area contributed by atoms with Crippen molar-refractivity contribution in [2.24, 2.45) is 0 Å². The summed E-state index contributed by atoms with van der Waals surface area (Å²) in [5.74, 6) is -0.834. The summed E-state index contributed by atoms with van der Waals surface area (Å²) in [7, 11) is 0. The summed E-state index contributed by atoms with van der Waals surface area (Å²) >= 11 is 0. The summed E-state index contributed by atoms with van der Waals surface area (Å²) in [5.41, 5.74) is 0.736. The van der Waals surface area contributed by atoms with E-state index in [9.17, 15) is 9.59 Å². The highest BCUT2D eigenvalue weighted by molar-refractivity contribution is 5.95. The minimum atomic E-state index is -0.435. The molecule has 1 aromatic carbocycles. The third-order valence-electron chi connectivity index (χ3n) is 3.99. The van der Waals surface area contributed by atoms with Gasteiger partial charge in [0, 0.05) is 0 Å². The first-order valence-electron chi connectivity index (χ1n) is 9.73. The maximum atomic E-state index is 12.2. The van der Waals surface area contributed by atoms with Gasteiger partial charge in [0.1, 0.15) is 6.10 Å². The first-order valence-corrected chi connectivity index (χ1v) is 9.73. The van der Waals surface area contributed by atoms with Crippen molar-refractivity contribution in [3.63, 3.8) is 0 Å².